The molecule has 1 aromatic carbocycles. The van der Waals surface area contributed by atoms with Gasteiger partial charge in [0.2, 0.25) is 0 Å². The molecule has 20 heavy (non-hydrogen) atoms. The summed E-state index contributed by atoms with van der Waals surface area (Å²) in [7, 11) is 0. The first-order valence-electron chi connectivity index (χ1n) is 8.03. The maximum atomic E-state index is 5.87. The fourth-order valence-corrected chi connectivity index (χ4v) is 2.58. The van der Waals surface area contributed by atoms with E-state index < -0.39 is 0 Å². The van der Waals surface area contributed by atoms with Crippen LogP contribution in [0.15, 0.2) is 24.3 Å². The molecule has 1 aliphatic rings. The van der Waals surface area contributed by atoms with Crippen molar-refractivity contribution in [2.75, 3.05) is 13.2 Å². The van der Waals surface area contributed by atoms with Gasteiger partial charge in [-0.1, -0.05) is 51.0 Å². The van der Waals surface area contributed by atoms with Gasteiger partial charge in [-0.15, -0.1) is 0 Å². The summed E-state index contributed by atoms with van der Waals surface area (Å²) >= 11 is 0. The van der Waals surface area contributed by atoms with Gasteiger partial charge in [0.05, 0.1) is 13.2 Å². The summed E-state index contributed by atoms with van der Waals surface area (Å²) in [5.74, 6) is -0.00401. The molecular formula is C18H28O2. The van der Waals surface area contributed by atoms with Gasteiger partial charge in [0.15, 0.2) is 5.79 Å². The third kappa shape index (κ3) is 4.07. The summed E-state index contributed by atoms with van der Waals surface area (Å²) in [6, 6.07) is 9.01. The average Bonchev–Trinajstić information content (AvgIpc) is 2.49. The number of hydrogen-bond donors (Lipinski definition) is 0. The molecule has 1 heterocycles. The Kier molecular flexibility index (Phi) is 5.62. The Bertz CT molecular complexity index is 388. The van der Waals surface area contributed by atoms with Gasteiger partial charge in [-0.2, -0.15) is 0 Å². The third-order valence-electron chi connectivity index (χ3n) is 4.34. The molecule has 1 fully saturated rings. The molecule has 112 valence electrons. The molecule has 0 aromatic heterocycles. The quantitative estimate of drug-likeness (QED) is 0.703. The first kappa shape index (κ1) is 15.5. The normalized spacial score (nSPS) is 26.6. The van der Waals surface area contributed by atoms with Crippen LogP contribution in [-0.4, -0.2) is 19.0 Å². The van der Waals surface area contributed by atoms with E-state index in [0.29, 0.717) is 5.92 Å². The van der Waals surface area contributed by atoms with E-state index in [1.807, 2.05) is 6.92 Å². The number of unbranched alkanes of at least 4 members (excludes halogenated alkanes) is 2. The van der Waals surface area contributed by atoms with Crippen molar-refractivity contribution < 1.29 is 9.47 Å². The molecule has 1 aromatic rings. The zero-order valence-electron chi connectivity index (χ0n) is 13.2. The highest BCUT2D eigenvalue weighted by Crippen LogP contribution is 2.29. The highest BCUT2D eigenvalue weighted by Gasteiger charge is 2.31. The zero-order valence-corrected chi connectivity index (χ0v) is 13.2. The van der Waals surface area contributed by atoms with Crippen LogP contribution in [0.3, 0.4) is 0 Å². The average molecular weight is 276 g/mol. The predicted molar refractivity (Wildman–Crippen MR) is 83.0 cm³/mol. The summed E-state index contributed by atoms with van der Waals surface area (Å²) in [5, 5.41) is 0. The molecule has 0 aliphatic carbocycles. The second kappa shape index (κ2) is 7.24. The van der Waals surface area contributed by atoms with Gasteiger partial charge in [0.1, 0.15) is 0 Å². The van der Waals surface area contributed by atoms with Crippen LogP contribution in [0.1, 0.15) is 63.5 Å². The van der Waals surface area contributed by atoms with Crippen LogP contribution < -0.4 is 0 Å². The molecule has 0 amide bonds. The lowest BCUT2D eigenvalue weighted by molar-refractivity contribution is -0.263. The van der Waals surface area contributed by atoms with Crippen LogP contribution in [0.5, 0.6) is 0 Å². The number of ether oxygens (including phenoxy) is 2. The second-order valence-corrected chi connectivity index (χ2v) is 6.00. The Balaban J connectivity index is 1.87. The van der Waals surface area contributed by atoms with Crippen molar-refractivity contribution in [1.82, 2.24) is 0 Å². The van der Waals surface area contributed by atoms with Gasteiger partial charge >= 0.3 is 0 Å². The highest BCUT2D eigenvalue weighted by atomic mass is 16.7. The summed E-state index contributed by atoms with van der Waals surface area (Å²) in [6.07, 6.45) is 5.99. The number of benzene rings is 1. The van der Waals surface area contributed by atoms with E-state index in [2.05, 4.69) is 38.1 Å². The van der Waals surface area contributed by atoms with E-state index in [4.69, 9.17) is 9.47 Å². The number of aryl methyl sites for hydroxylation is 1. The van der Waals surface area contributed by atoms with Gasteiger partial charge in [0, 0.05) is 5.92 Å². The monoisotopic (exact) mass is 276 g/mol. The number of hydrogen-bond acceptors (Lipinski definition) is 2. The molecule has 2 heteroatoms. The van der Waals surface area contributed by atoms with Crippen molar-refractivity contribution in [3.63, 3.8) is 0 Å². The maximum absolute atomic E-state index is 5.87. The molecule has 0 spiro atoms. The molecule has 0 N–H and O–H groups in total. The largest absolute Gasteiger partial charge is 0.350 e. The van der Waals surface area contributed by atoms with Gasteiger partial charge in [0.25, 0.3) is 0 Å². The SMILES string of the molecule is CCCCCc1ccc(C2COC(C)(CC)OC2)cc1. The van der Waals surface area contributed by atoms with Crippen LogP contribution >= 0.6 is 0 Å². The minimum Gasteiger partial charge on any atom is -0.350 e. The van der Waals surface area contributed by atoms with Gasteiger partial charge < -0.3 is 9.47 Å². The fraction of sp³-hybridized carbons (Fsp3) is 0.667. The van der Waals surface area contributed by atoms with E-state index in [0.717, 1.165) is 19.6 Å². The van der Waals surface area contributed by atoms with E-state index in [9.17, 15) is 0 Å². The fourth-order valence-electron chi connectivity index (χ4n) is 2.58. The lowest BCUT2D eigenvalue weighted by Gasteiger charge is -2.37. The van der Waals surface area contributed by atoms with Gasteiger partial charge in [-0.25, -0.2) is 0 Å². The predicted octanol–water partition coefficient (Wildman–Crippen LogP) is 4.68. The summed E-state index contributed by atoms with van der Waals surface area (Å²) < 4.78 is 11.7. The Morgan fingerprint density at radius 2 is 1.70 bits per heavy atom. The lowest BCUT2D eigenvalue weighted by Crippen LogP contribution is -2.40. The standard InChI is InChI=1S/C18H28O2/c1-4-6-7-8-15-9-11-16(12-10-15)17-13-19-18(3,5-2)20-14-17/h9-12,17H,4-8,13-14H2,1-3H3. The van der Waals surface area contributed by atoms with Crippen molar-refractivity contribution in [3.8, 4) is 0 Å². The summed E-state index contributed by atoms with van der Waals surface area (Å²) in [5.41, 5.74) is 2.78. The summed E-state index contributed by atoms with van der Waals surface area (Å²) in [4.78, 5) is 0. The Labute approximate surface area is 123 Å². The Hall–Kier alpha value is -0.860. The Morgan fingerprint density at radius 1 is 1.05 bits per heavy atom. The molecule has 0 saturated carbocycles. The van der Waals surface area contributed by atoms with Crippen LogP contribution in [-0.2, 0) is 15.9 Å². The minimum atomic E-state index is -0.378. The van der Waals surface area contributed by atoms with Crippen LogP contribution in [0.4, 0.5) is 0 Å². The molecule has 0 bridgehead atoms. The molecule has 0 atom stereocenters. The van der Waals surface area contributed by atoms with E-state index in [-0.39, 0.29) is 5.79 Å². The third-order valence-corrected chi connectivity index (χ3v) is 4.34. The molecule has 0 unspecified atom stereocenters. The van der Waals surface area contributed by atoms with E-state index in [1.54, 1.807) is 0 Å². The zero-order chi connectivity index (χ0) is 14.4. The molecule has 1 aliphatic heterocycles. The topological polar surface area (TPSA) is 18.5 Å². The molecule has 2 nitrogen and oxygen atoms in total. The maximum Gasteiger partial charge on any atom is 0.165 e. The van der Waals surface area contributed by atoms with E-state index >= 15 is 0 Å². The van der Waals surface area contributed by atoms with Crippen molar-refractivity contribution in [2.24, 2.45) is 0 Å². The first-order valence-corrected chi connectivity index (χ1v) is 8.03. The first-order chi connectivity index (χ1) is 9.67. The van der Waals surface area contributed by atoms with Crippen molar-refractivity contribution in [3.05, 3.63) is 35.4 Å². The van der Waals surface area contributed by atoms with Crippen molar-refractivity contribution in [2.45, 2.75) is 64.6 Å². The van der Waals surface area contributed by atoms with Gasteiger partial charge in [-0.05, 0) is 37.3 Å². The Morgan fingerprint density at radius 3 is 2.25 bits per heavy atom. The van der Waals surface area contributed by atoms with Crippen LogP contribution in [0.25, 0.3) is 0 Å². The van der Waals surface area contributed by atoms with E-state index in [1.165, 1.54) is 36.8 Å². The molecule has 2 rings (SSSR count). The number of rotatable bonds is 6. The summed E-state index contributed by atoms with van der Waals surface area (Å²) in [6.45, 7) is 7.90. The highest BCUT2D eigenvalue weighted by molar-refractivity contribution is 5.26. The van der Waals surface area contributed by atoms with Gasteiger partial charge in [-0.3, -0.25) is 0 Å². The van der Waals surface area contributed by atoms with Crippen molar-refractivity contribution >= 4 is 0 Å². The van der Waals surface area contributed by atoms with Crippen molar-refractivity contribution in [1.29, 1.82) is 0 Å². The van der Waals surface area contributed by atoms with Crippen LogP contribution in [0.2, 0.25) is 0 Å². The molecule has 0 radical (unpaired) electrons. The second-order valence-electron chi connectivity index (χ2n) is 6.00. The minimum absolute atomic E-state index is 0.374. The lowest BCUT2D eigenvalue weighted by atomic mass is 9.97. The smallest absolute Gasteiger partial charge is 0.165 e. The molecule has 1 saturated heterocycles. The van der Waals surface area contributed by atoms with Crippen LogP contribution in [0, 0.1) is 0 Å². The molecular weight excluding hydrogens is 248 g/mol.